The predicted octanol–water partition coefficient (Wildman–Crippen LogP) is 3.32. The number of carbonyl (C=O) groups excluding carboxylic acids is 1. The maximum atomic E-state index is 11.8. The number of piperidine rings is 1. The maximum absolute atomic E-state index is 11.8. The van der Waals surface area contributed by atoms with Gasteiger partial charge in [-0.3, -0.25) is 9.69 Å². The summed E-state index contributed by atoms with van der Waals surface area (Å²) in [5.41, 5.74) is 7.56. The van der Waals surface area contributed by atoms with Crippen LogP contribution < -0.4 is 5.73 Å². The van der Waals surface area contributed by atoms with Crippen LogP contribution in [0, 0.1) is 17.3 Å². The Hall–Kier alpha value is -1.43. The van der Waals surface area contributed by atoms with E-state index in [1.54, 1.807) is 0 Å². The number of hydrogen-bond acceptors (Lipinski definition) is 4. The zero-order valence-corrected chi connectivity index (χ0v) is 17.6. The van der Waals surface area contributed by atoms with Crippen LogP contribution in [0.1, 0.15) is 60.9 Å². The van der Waals surface area contributed by atoms with E-state index in [1.807, 2.05) is 25.3 Å². The molecule has 2 unspecified atom stereocenters. The molecule has 2 atom stereocenters. The van der Waals surface area contributed by atoms with Crippen LogP contribution >= 0.6 is 0 Å². The van der Waals surface area contributed by atoms with E-state index in [0.29, 0.717) is 22.8 Å². The molecule has 2 saturated carbocycles. The number of primary amides is 1. The highest BCUT2D eigenvalue weighted by atomic mass is 16.5. The number of ether oxygens (including phenoxy) is 2. The second-order valence-electron chi connectivity index (χ2n) is 9.90. The van der Waals surface area contributed by atoms with Crippen LogP contribution in [0.3, 0.4) is 0 Å². The molecule has 1 spiro atoms. The molecule has 2 aliphatic carbocycles. The molecular weight excluding hydrogens is 364 g/mol. The number of nitrogens with zero attached hydrogens (tertiary/aromatic N) is 1. The van der Waals surface area contributed by atoms with Crippen LogP contribution in [0.2, 0.25) is 0 Å². The van der Waals surface area contributed by atoms with Gasteiger partial charge in [-0.1, -0.05) is 18.6 Å². The Kier molecular flexibility index (Phi) is 4.96. The van der Waals surface area contributed by atoms with Gasteiger partial charge in [-0.05, 0) is 61.6 Å². The lowest BCUT2D eigenvalue weighted by atomic mass is 9.58. The number of benzene rings is 1. The zero-order chi connectivity index (χ0) is 20.1. The molecule has 2 N–H and O–H groups in total. The minimum atomic E-state index is -0.364. The molecule has 1 aromatic rings. The van der Waals surface area contributed by atoms with Gasteiger partial charge in [-0.2, -0.15) is 0 Å². The van der Waals surface area contributed by atoms with E-state index < -0.39 is 0 Å². The highest BCUT2D eigenvalue weighted by Crippen LogP contribution is 2.56. The topological polar surface area (TPSA) is 64.8 Å². The summed E-state index contributed by atoms with van der Waals surface area (Å²) in [6.07, 6.45) is 8.81. The Labute approximate surface area is 173 Å². The van der Waals surface area contributed by atoms with Gasteiger partial charge in [-0.15, -0.1) is 0 Å². The van der Waals surface area contributed by atoms with Crippen molar-refractivity contribution in [3.63, 3.8) is 0 Å². The standard InChI is InChI=1S/C24H34N2O3/c1-28-24(18-5-2-4-17(12-18)22(25)27)19-6-3-7-20(24)16-26(15-19)21-13-23(14-21)8-10-29-11-9-23/h2,4-5,12,19-21H,3,6-11,13-16H2,1H3,(H2,25,27). The summed E-state index contributed by atoms with van der Waals surface area (Å²) in [5.74, 6) is 0.570. The number of likely N-dealkylation sites (tertiary alicyclic amines) is 1. The second kappa shape index (κ2) is 7.36. The van der Waals surface area contributed by atoms with Crippen LogP contribution in [0.4, 0.5) is 0 Å². The lowest BCUT2D eigenvalue weighted by molar-refractivity contribution is -0.188. The van der Waals surface area contributed by atoms with Gasteiger partial charge in [0.2, 0.25) is 5.91 Å². The van der Waals surface area contributed by atoms with Crippen molar-refractivity contribution >= 4 is 5.91 Å². The summed E-state index contributed by atoms with van der Waals surface area (Å²) >= 11 is 0. The first-order valence-corrected chi connectivity index (χ1v) is 11.3. The fourth-order valence-electron chi connectivity index (χ4n) is 7.01. The molecule has 2 aliphatic heterocycles. The minimum absolute atomic E-state index is 0.291. The SMILES string of the molecule is COC1(c2cccc(C(N)=O)c2)C2CCCC1CN(C1CC3(CCOCC3)C1)C2. The molecule has 5 nitrogen and oxygen atoms in total. The molecule has 0 aromatic heterocycles. The normalized spacial score (nSPS) is 34.7. The Morgan fingerprint density at radius 1 is 1.17 bits per heavy atom. The summed E-state index contributed by atoms with van der Waals surface area (Å²) in [6.45, 7) is 4.09. The van der Waals surface area contributed by atoms with E-state index in [4.69, 9.17) is 15.2 Å². The molecule has 2 heterocycles. The highest BCUT2D eigenvalue weighted by molar-refractivity contribution is 5.92. The van der Waals surface area contributed by atoms with Crippen LogP contribution in [-0.4, -0.2) is 50.3 Å². The lowest BCUT2D eigenvalue weighted by Gasteiger charge is -2.61. The molecule has 2 bridgehead atoms. The second-order valence-corrected chi connectivity index (χ2v) is 9.90. The molecule has 4 aliphatic rings. The molecule has 5 heteroatoms. The van der Waals surface area contributed by atoms with Crippen LogP contribution in [0.25, 0.3) is 0 Å². The Bertz CT molecular complexity index is 751. The summed E-state index contributed by atoms with van der Waals surface area (Å²) < 4.78 is 12.0. The summed E-state index contributed by atoms with van der Waals surface area (Å²) in [6, 6.07) is 8.61. The Morgan fingerprint density at radius 2 is 1.86 bits per heavy atom. The van der Waals surface area contributed by atoms with E-state index in [0.717, 1.165) is 37.9 Å². The van der Waals surface area contributed by atoms with Crippen LogP contribution in [-0.2, 0) is 15.1 Å². The fourth-order valence-corrected chi connectivity index (χ4v) is 7.01. The molecular formula is C24H34N2O3. The van der Waals surface area contributed by atoms with Gasteiger partial charge >= 0.3 is 0 Å². The smallest absolute Gasteiger partial charge is 0.248 e. The molecule has 5 rings (SSSR count). The first-order chi connectivity index (χ1) is 14.1. The molecule has 158 valence electrons. The first kappa shape index (κ1) is 19.5. The van der Waals surface area contributed by atoms with Crippen molar-refractivity contribution in [1.29, 1.82) is 0 Å². The molecule has 1 aromatic carbocycles. The van der Waals surface area contributed by atoms with Crippen molar-refractivity contribution in [3.8, 4) is 0 Å². The van der Waals surface area contributed by atoms with Gasteiger partial charge in [0, 0.05) is 56.9 Å². The van der Waals surface area contributed by atoms with Crippen LogP contribution in [0.5, 0.6) is 0 Å². The van der Waals surface area contributed by atoms with Gasteiger partial charge in [0.1, 0.15) is 5.60 Å². The number of hydrogen-bond donors (Lipinski definition) is 1. The molecule has 2 saturated heterocycles. The van der Waals surface area contributed by atoms with Gasteiger partial charge < -0.3 is 15.2 Å². The van der Waals surface area contributed by atoms with Crippen molar-refractivity contribution in [2.45, 2.75) is 56.6 Å². The largest absolute Gasteiger partial charge is 0.381 e. The molecule has 4 fully saturated rings. The number of fused-ring (bicyclic) bond motifs is 2. The number of nitrogens with two attached hydrogens (primary N) is 1. The van der Waals surface area contributed by atoms with E-state index in [9.17, 15) is 4.79 Å². The summed E-state index contributed by atoms with van der Waals surface area (Å²) in [5, 5.41) is 0. The van der Waals surface area contributed by atoms with E-state index in [-0.39, 0.29) is 11.5 Å². The molecule has 1 amide bonds. The average Bonchev–Trinajstić information content (AvgIpc) is 2.71. The summed E-state index contributed by atoms with van der Waals surface area (Å²) in [4.78, 5) is 14.5. The maximum Gasteiger partial charge on any atom is 0.248 e. The Morgan fingerprint density at radius 3 is 2.48 bits per heavy atom. The Balaban J connectivity index is 1.38. The summed E-state index contributed by atoms with van der Waals surface area (Å²) in [7, 11) is 1.86. The lowest BCUT2D eigenvalue weighted by Crippen LogP contribution is -2.64. The van der Waals surface area contributed by atoms with Gasteiger partial charge in [-0.25, -0.2) is 0 Å². The van der Waals surface area contributed by atoms with Crippen molar-refractivity contribution in [1.82, 2.24) is 4.90 Å². The van der Waals surface area contributed by atoms with Crippen molar-refractivity contribution in [2.75, 3.05) is 33.4 Å². The first-order valence-electron chi connectivity index (χ1n) is 11.3. The third kappa shape index (κ3) is 3.13. The molecule has 29 heavy (non-hydrogen) atoms. The molecule has 0 radical (unpaired) electrons. The average molecular weight is 399 g/mol. The minimum Gasteiger partial charge on any atom is -0.381 e. The number of amides is 1. The number of carbonyl (C=O) groups is 1. The number of rotatable bonds is 4. The van der Waals surface area contributed by atoms with Crippen molar-refractivity contribution in [3.05, 3.63) is 35.4 Å². The van der Waals surface area contributed by atoms with E-state index in [2.05, 4.69) is 11.0 Å². The van der Waals surface area contributed by atoms with E-state index in [1.165, 1.54) is 44.9 Å². The quantitative estimate of drug-likeness (QED) is 0.845. The predicted molar refractivity (Wildman–Crippen MR) is 112 cm³/mol. The van der Waals surface area contributed by atoms with Gasteiger partial charge in [0.15, 0.2) is 0 Å². The van der Waals surface area contributed by atoms with Crippen molar-refractivity contribution < 1.29 is 14.3 Å². The van der Waals surface area contributed by atoms with Gasteiger partial charge in [0.05, 0.1) is 0 Å². The zero-order valence-electron chi connectivity index (χ0n) is 17.6. The third-order valence-electron chi connectivity index (χ3n) is 8.57. The highest BCUT2D eigenvalue weighted by Gasteiger charge is 2.56. The van der Waals surface area contributed by atoms with Crippen molar-refractivity contribution in [2.24, 2.45) is 23.0 Å². The fraction of sp³-hybridized carbons (Fsp3) is 0.708. The van der Waals surface area contributed by atoms with Crippen LogP contribution in [0.15, 0.2) is 24.3 Å². The van der Waals surface area contributed by atoms with Gasteiger partial charge in [0.25, 0.3) is 0 Å². The third-order valence-corrected chi connectivity index (χ3v) is 8.57. The van der Waals surface area contributed by atoms with E-state index >= 15 is 0 Å². The number of methoxy groups -OCH3 is 1. The monoisotopic (exact) mass is 398 g/mol.